The minimum atomic E-state index is -0.957. The lowest BCUT2D eigenvalue weighted by atomic mass is 9.94. The van der Waals surface area contributed by atoms with Crippen LogP contribution in [0, 0.1) is 5.41 Å². The number of carboxylic acid groups (broad SMARTS) is 1. The zero-order valence-electron chi connectivity index (χ0n) is 11.1. The maximum Gasteiger partial charge on any atom is 0.310 e. The van der Waals surface area contributed by atoms with Crippen molar-refractivity contribution in [1.82, 2.24) is 5.32 Å². The number of amides is 1. The van der Waals surface area contributed by atoms with Crippen molar-refractivity contribution in [3.05, 3.63) is 29.8 Å². The van der Waals surface area contributed by atoms with Crippen molar-refractivity contribution in [2.45, 2.75) is 26.3 Å². The first-order valence-corrected chi connectivity index (χ1v) is 6.26. The summed E-state index contributed by atoms with van der Waals surface area (Å²) in [6.45, 7) is 3.30. The lowest BCUT2D eigenvalue weighted by Gasteiger charge is -2.21. The van der Waals surface area contributed by atoms with Gasteiger partial charge >= 0.3 is 5.97 Å². The molecule has 2 rings (SSSR count). The molecule has 0 bridgehead atoms. The molecule has 0 unspecified atom stereocenters. The molecule has 0 aromatic heterocycles. The third-order valence-corrected chi connectivity index (χ3v) is 3.37. The monoisotopic (exact) mass is 262 g/mol. The van der Waals surface area contributed by atoms with Crippen LogP contribution in [-0.4, -0.2) is 29.6 Å². The van der Waals surface area contributed by atoms with Gasteiger partial charge in [0.15, 0.2) is 0 Å². The molecule has 19 heavy (non-hydrogen) atoms. The molecule has 0 radical (unpaired) electrons. The lowest BCUT2D eigenvalue weighted by Crippen LogP contribution is -2.44. The third kappa shape index (κ3) is 2.86. The molecular formula is C14H18N2O3. The van der Waals surface area contributed by atoms with Gasteiger partial charge in [-0.25, -0.2) is 0 Å². The number of hydrogen-bond acceptors (Lipinski definition) is 3. The molecule has 5 heteroatoms. The van der Waals surface area contributed by atoms with Gasteiger partial charge in [0.25, 0.3) is 0 Å². The molecule has 1 heterocycles. The second kappa shape index (κ2) is 4.91. The fourth-order valence-electron chi connectivity index (χ4n) is 1.96. The van der Waals surface area contributed by atoms with Gasteiger partial charge in [-0.2, -0.15) is 0 Å². The Morgan fingerprint density at radius 3 is 2.74 bits per heavy atom. The molecule has 0 saturated carbocycles. The SMILES string of the molecule is CC(C)(CNC(=O)[C@@H]1Cc2ccccc2N1)C(=O)O. The minimum Gasteiger partial charge on any atom is -0.481 e. The van der Waals surface area contributed by atoms with Crippen LogP contribution < -0.4 is 10.6 Å². The molecule has 1 aliphatic heterocycles. The molecule has 1 aliphatic rings. The molecule has 1 amide bonds. The van der Waals surface area contributed by atoms with E-state index in [1.54, 1.807) is 13.8 Å². The Morgan fingerprint density at radius 2 is 2.11 bits per heavy atom. The molecule has 5 nitrogen and oxygen atoms in total. The summed E-state index contributed by atoms with van der Waals surface area (Å²) in [4.78, 5) is 23.0. The first-order valence-electron chi connectivity index (χ1n) is 6.26. The highest BCUT2D eigenvalue weighted by Crippen LogP contribution is 2.25. The molecule has 102 valence electrons. The first kappa shape index (κ1) is 13.4. The van der Waals surface area contributed by atoms with Crippen LogP contribution in [0.2, 0.25) is 0 Å². The van der Waals surface area contributed by atoms with Gasteiger partial charge in [-0.05, 0) is 25.5 Å². The summed E-state index contributed by atoms with van der Waals surface area (Å²) in [5.41, 5.74) is 1.13. The number of nitrogens with one attached hydrogen (secondary N) is 2. The van der Waals surface area contributed by atoms with E-state index in [2.05, 4.69) is 10.6 Å². The van der Waals surface area contributed by atoms with Gasteiger partial charge in [-0.15, -0.1) is 0 Å². The molecule has 1 aromatic carbocycles. The molecule has 1 aromatic rings. The van der Waals surface area contributed by atoms with E-state index in [0.29, 0.717) is 6.42 Å². The number of rotatable bonds is 4. The van der Waals surface area contributed by atoms with Crippen molar-refractivity contribution < 1.29 is 14.7 Å². The summed E-state index contributed by atoms with van der Waals surface area (Å²) in [5, 5.41) is 14.8. The number of hydrogen-bond donors (Lipinski definition) is 3. The number of carbonyl (C=O) groups is 2. The second-order valence-electron chi connectivity index (χ2n) is 5.47. The number of carbonyl (C=O) groups excluding carboxylic acids is 1. The number of benzene rings is 1. The van der Waals surface area contributed by atoms with Crippen molar-refractivity contribution in [2.24, 2.45) is 5.41 Å². The summed E-state index contributed by atoms with van der Waals surface area (Å²) in [6.07, 6.45) is 0.634. The van der Waals surface area contributed by atoms with Crippen LogP contribution in [0.3, 0.4) is 0 Å². The van der Waals surface area contributed by atoms with Gasteiger partial charge < -0.3 is 15.7 Å². The van der Waals surface area contributed by atoms with Crippen LogP contribution in [0.25, 0.3) is 0 Å². The topological polar surface area (TPSA) is 78.4 Å². The highest BCUT2D eigenvalue weighted by Gasteiger charge is 2.31. The Bertz CT molecular complexity index is 486. The molecule has 3 N–H and O–H groups in total. The van der Waals surface area contributed by atoms with Gasteiger partial charge in [-0.1, -0.05) is 18.2 Å². The van der Waals surface area contributed by atoms with Crippen LogP contribution in [0.15, 0.2) is 24.3 Å². The van der Waals surface area contributed by atoms with Crippen molar-refractivity contribution >= 4 is 17.6 Å². The highest BCUT2D eigenvalue weighted by molar-refractivity contribution is 5.88. The smallest absolute Gasteiger partial charge is 0.310 e. The fourth-order valence-corrected chi connectivity index (χ4v) is 1.96. The average Bonchev–Trinajstić information content (AvgIpc) is 2.79. The Labute approximate surface area is 112 Å². The van der Waals surface area contributed by atoms with Gasteiger partial charge in [0, 0.05) is 18.7 Å². The van der Waals surface area contributed by atoms with Gasteiger partial charge in [0.2, 0.25) is 5.91 Å². The van der Waals surface area contributed by atoms with E-state index < -0.39 is 11.4 Å². The first-order chi connectivity index (χ1) is 8.90. The number of carboxylic acids is 1. The van der Waals surface area contributed by atoms with Gasteiger partial charge in [0.1, 0.15) is 6.04 Å². The van der Waals surface area contributed by atoms with Crippen molar-refractivity contribution in [3.8, 4) is 0 Å². The van der Waals surface area contributed by atoms with E-state index >= 15 is 0 Å². The molecule has 0 aliphatic carbocycles. The maximum atomic E-state index is 12.0. The van der Waals surface area contributed by atoms with E-state index in [1.807, 2.05) is 24.3 Å². The lowest BCUT2D eigenvalue weighted by molar-refractivity contribution is -0.146. The quantitative estimate of drug-likeness (QED) is 0.763. The third-order valence-electron chi connectivity index (χ3n) is 3.37. The Balaban J connectivity index is 1.92. The van der Waals surface area contributed by atoms with Gasteiger partial charge in [-0.3, -0.25) is 9.59 Å². The van der Waals surface area contributed by atoms with Crippen molar-refractivity contribution in [3.63, 3.8) is 0 Å². The second-order valence-corrected chi connectivity index (χ2v) is 5.47. The Morgan fingerprint density at radius 1 is 1.42 bits per heavy atom. The molecular weight excluding hydrogens is 244 g/mol. The summed E-state index contributed by atoms with van der Waals surface area (Å²) in [6, 6.07) is 7.45. The zero-order chi connectivity index (χ0) is 14.0. The standard InChI is InChI=1S/C14H18N2O3/c1-14(2,13(18)19)8-15-12(17)11-7-9-5-3-4-6-10(9)16-11/h3-6,11,16H,7-8H2,1-2H3,(H,15,17)(H,18,19)/t11-/m0/s1. The largest absolute Gasteiger partial charge is 0.481 e. The van der Waals surface area contributed by atoms with Crippen LogP contribution in [0.5, 0.6) is 0 Å². The van der Waals surface area contributed by atoms with E-state index in [1.165, 1.54) is 0 Å². The normalized spacial score (nSPS) is 17.5. The predicted molar refractivity (Wildman–Crippen MR) is 72.0 cm³/mol. The van der Waals surface area contributed by atoms with Crippen LogP contribution in [-0.2, 0) is 16.0 Å². The number of fused-ring (bicyclic) bond motifs is 1. The Kier molecular flexibility index (Phi) is 3.46. The summed E-state index contributed by atoms with van der Waals surface area (Å²) in [7, 11) is 0. The summed E-state index contributed by atoms with van der Waals surface area (Å²) < 4.78 is 0. The van der Waals surface area contributed by atoms with E-state index in [4.69, 9.17) is 5.11 Å². The fraction of sp³-hybridized carbons (Fsp3) is 0.429. The van der Waals surface area contributed by atoms with E-state index in [9.17, 15) is 9.59 Å². The molecule has 0 spiro atoms. The van der Waals surface area contributed by atoms with Crippen LogP contribution in [0.4, 0.5) is 5.69 Å². The van der Waals surface area contributed by atoms with Crippen LogP contribution >= 0.6 is 0 Å². The number of para-hydroxylation sites is 1. The summed E-state index contributed by atoms with van der Waals surface area (Å²) >= 11 is 0. The van der Waals surface area contributed by atoms with Crippen LogP contribution in [0.1, 0.15) is 19.4 Å². The van der Waals surface area contributed by atoms with E-state index in [0.717, 1.165) is 11.3 Å². The average molecular weight is 262 g/mol. The van der Waals surface area contributed by atoms with E-state index in [-0.39, 0.29) is 18.5 Å². The predicted octanol–water partition coefficient (Wildman–Crippen LogP) is 1.25. The van der Waals surface area contributed by atoms with Crippen molar-refractivity contribution in [1.29, 1.82) is 0 Å². The molecule has 0 saturated heterocycles. The number of aliphatic carboxylic acids is 1. The summed E-state index contributed by atoms with van der Waals surface area (Å²) in [5.74, 6) is -1.08. The zero-order valence-corrected chi connectivity index (χ0v) is 11.1. The molecule has 1 atom stereocenters. The highest BCUT2D eigenvalue weighted by atomic mass is 16.4. The molecule has 0 fully saturated rings. The van der Waals surface area contributed by atoms with Crippen molar-refractivity contribution in [2.75, 3.05) is 11.9 Å². The Hall–Kier alpha value is -2.04. The van der Waals surface area contributed by atoms with Gasteiger partial charge in [0.05, 0.1) is 5.41 Å². The number of anilines is 1. The minimum absolute atomic E-state index is 0.121. The maximum absolute atomic E-state index is 12.0.